The zero-order valence-corrected chi connectivity index (χ0v) is 13.2. The minimum atomic E-state index is -4.62. The molecule has 0 amide bonds. The predicted octanol–water partition coefficient (Wildman–Crippen LogP) is 2.50. The smallest absolute Gasteiger partial charge is 0.361 e. The number of nitrogens with zero attached hydrogens (tertiary/aromatic N) is 4. The molecular weight excluding hydrogens is 321 g/mol. The number of anilines is 1. The third-order valence-corrected chi connectivity index (χ3v) is 3.99. The van der Waals surface area contributed by atoms with Crippen LogP contribution in [0.15, 0.2) is 30.6 Å². The van der Waals surface area contributed by atoms with Crippen LogP contribution < -0.4 is 4.90 Å². The van der Waals surface area contributed by atoms with Gasteiger partial charge in [0.15, 0.2) is 12.0 Å². The molecule has 5 nitrogen and oxygen atoms in total. The van der Waals surface area contributed by atoms with Crippen molar-refractivity contribution in [1.82, 2.24) is 14.9 Å². The molecule has 0 aliphatic carbocycles. The van der Waals surface area contributed by atoms with E-state index in [1.54, 1.807) is 24.2 Å². The number of halogens is 3. The van der Waals surface area contributed by atoms with Gasteiger partial charge in [0.05, 0.1) is 11.4 Å². The molecule has 2 aromatic heterocycles. The Morgan fingerprint density at radius 1 is 1.21 bits per heavy atom. The van der Waals surface area contributed by atoms with E-state index in [2.05, 4.69) is 9.97 Å². The lowest BCUT2D eigenvalue weighted by molar-refractivity contribution is -0.140. The van der Waals surface area contributed by atoms with Crippen LogP contribution in [0, 0.1) is 6.92 Å². The molecule has 0 spiro atoms. The summed E-state index contributed by atoms with van der Waals surface area (Å²) in [6.45, 7) is 2.59. The summed E-state index contributed by atoms with van der Waals surface area (Å²) in [7, 11) is 1.65. The number of aromatic nitrogens is 2. The highest BCUT2D eigenvalue weighted by molar-refractivity contribution is 5.64. The van der Waals surface area contributed by atoms with Gasteiger partial charge < -0.3 is 10.0 Å². The van der Waals surface area contributed by atoms with Gasteiger partial charge in [-0.2, -0.15) is 13.2 Å². The van der Waals surface area contributed by atoms with Crippen LogP contribution in [0.2, 0.25) is 0 Å². The number of aryl methyl sites for hydroxylation is 1. The van der Waals surface area contributed by atoms with Crippen LogP contribution in [-0.2, 0) is 6.18 Å². The van der Waals surface area contributed by atoms with E-state index >= 15 is 0 Å². The predicted molar refractivity (Wildman–Crippen MR) is 83.2 cm³/mol. The number of aliphatic hydroxyl groups excluding tert-OH is 1. The molecule has 3 rings (SSSR count). The maximum Gasteiger partial charge on any atom is 0.435 e. The molecule has 3 heterocycles. The van der Waals surface area contributed by atoms with Gasteiger partial charge in [-0.25, -0.2) is 4.98 Å². The normalized spacial score (nSPS) is 19.1. The Bertz CT molecular complexity index is 750. The maximum atomic E-state index is 13.5. The number of pyridine rings is 2. The summed E-state index contributed by atoms with van der Waals surface area (Å²) in [6.07, 6.45) is -2.62. The van der Waals surface area contributed by atoms with E-state index in [1.807, 2.05) is 6.92 Å². The lowest BCUT2D eigenvalue weighted by Gasteiger charge is -2.27. The molecule has 1 fully saturated rings. The van der Waals surface area contributed by atoms with Gasteiger partial charge in [-0.15, -0.1) is 0 Å². The van der Waals surface area contributed by atoms with Gasteiger partial charge in [0, 0.05) is 31.0 Å². The Labute approximate surface area is 137 Å². The van der Waals surface area contributed by atoms with E-state index in [1.165, 1.54) is 23.2 Å². The van der Waals surface area contributed by atoms with Crippen molar-refractivity contribution >= 4 is 5.69 Å². The van der Waals surface area contributed by atoms with Gasteiger partial charge in [0.2, 0.25) is 0 Å². The summed E-state index contributed by atoms with van der Waals surface area (Å²) >= 11 is 0. The number of hydrogen-bond donors (Lipinski definition) is 1. The second-order valence-corrected chi connectivity index (χ2v) is 5.83. The molecular formula is C16H17F3N4O. The number of rotatable bonds is 2. The van der Waals surface area contributed by atoms with Gasteiger partial charge in [-0.05, 0) is 37.7 Å². The van der Waals surface area contributed by atoms with Crippen LogP contribution in [0.3, 0.4) is 0 Å². The fraction of sp³-hybridized carbons (Fsp3) is 0.375. The molecule has 1 saturated heterocycles. The summed E-state index contributed by atoms with van der Waals surface area (Å²) in [6, 6.07) is 4.61. The first-order valence-electron chi connectivity index (χ1n) is 7.42. The Balaban J connectivity index is 2.08. The van der Waals surface area contributed by atoms with Crippen molar-refractivity contribution in [3.63, 3.8) is 0 Å². The minimum absolute atomic E-state index is 0.122. The largest absolute Gasteiger partial charge is 0.435 e. The third-order valence-electron chi connectivity index (χ3n) is 3.99. The average molecular weight is 338 g/mol. The molecule has 24 heavy (non-hydrogen) atoms. The van der Waals surface area contributed by atoms with Crippen molar-refractivity contribution in [3.05, 3.63) is 41.9 Å². The maximum absolute atomic E-state index is 13.5. The van der Waals surface area contributed by atoms with Gasteiger partial charge in [0.1, 0.15) is 0 Å². The molecule has 0 aromatic carbocycles. The summed E-state index contributed by atoms with van der Waals surface area (Å²) < 4.78 is 40.5. The SMILES string of the molecule is Cc1cncc(-c2ccc(N3CCN(C)C3O)c(C(F)(F)F)n2)c1. The van der Waals surface area contributed by atoms with Crippen LogP contribution in [0.25, 0.3) is 11.3 Å². The molecule has 1 atom stereocenters. The zero-order chi connectivity index (χ0) is 17.5. The van der Waals surface area contributed by atoms with Gasteiger partial charge >= 0.3 is 6.18 Å². The van der Waals surface area contributed by atoms with Crippen LogP contribution in [0.1, 0.15) is 11.3 Å². The van der Waals surface area contributed by atoms with E-state index in [-0.39, 0.29) is 11.4 Å². The Morgan fingerprint density at radius 2 is 1.96 bits per heavy atom. The Hall–Kier alpha value is -2.19. The summed E-state index contributed by atoms with van der Waals surface area (Å²) in [5.74, 6) is 0. The van der Waals surface area contributed by atoms with Crippen molar-refractivity contribution < 1.29 is 18.3 Å². The quantitative estimate of drug-likeness (QED) is 0.912. The standard InChI is InChI=1S/C16H17F3N4O/c1-10-7-11(9-20-8-10)12-3-4-13(14(21-12)16(17,18)19)23-6-5-22(2)15(23)24/h3-4,7-9,15,24H,5-6H2,1-2H3. The van der Waals surface area contributed by atoms with Gasteiger partial charge in [-0.3, -0.25) is 9.88 Å². The highest BCUT2D eigenvalue weighted by Crippen LogP contribution is 2.38. The Morgan fingerprint density at radius 3 is 2.54 bits per heavy atom. The molecule has 0 bridgehead atoms. The average Bonchev–Trinajstić information content (AvgIpc) is 2.85. The lowest BCUT2D eigenvalue weighted by Crippen LogP contribution is -2.37. The molecule has 2 aromatic rings. The molecule has 0 radical (unpaired) electrons. The molecule has 1 aliphatic heterocycles. The fourth-order valence-corrected chi connectivity index (χ4v) is 2.73. The molecule has 1 aliphatic rings. The number of aliphatic hydroxyl groups is 1. The number of alkyl halides is 3. The van der Waals surface area contributed by atoms with E-state index in [9.17, 15) is 18.3 Å². The summed E-state index contributed by atoms with van der Waals surface area (Å²) in [5.41, 5.74) is 0.429. The second kappa shape index (κ2) is 6.03. The third kappa shape index (κ3) is 3.07. The van der Waals surface area contributed by atoms with Crippen molar-refractivity contribution in [2.24, 2.45) is 0 Å². The lowest BCUT2D eigenvalue weighted by atomic mass is 10.1. The van der Waals surface area contributed by atoms with E-state index in [4.69, 9.17) is 0 Å². The highest BCUT2D eigenvalue weighted by atomic mass is 19.4. The molecule has 1 unspecified atom stereocenters. The van der Waals surface area contributed by atoms with Crippen LogP contribution >= 0.6 is 0 Å². The van der Waals surface area contributed by atoms with Crippen molar-refractivity contribution in [1.29, 1.82) is 0 Å². The molecule has 0 saturated carbocycles. The van der Waals surface area contributed by atoms with Gasteiger partial charge in [-0.1, -0.05) is 0 Å². The van der Waals surface area contributed by atoms with Crippen LogP contribution in [0.4, 0.5) is 18.9 Å². The first-order chi connectivity index (χ1) is 11.3. The molecule has 1 N–H and O–H groups in total. The van der Waals surface area contributed by atoms with Crippen molar-refractivity contribution in [3.8, 4) is 11.3 Å². The van der Waals surface area contributed by atoms with E-state index in [0.29, 0.717) is 18.7 Å². The van der Waals surface area contributed by atoms with Crippen molar-refractivity contribution in [2.75, 3.05) is 25.0 Å². The highest BCUT2D eigenvalue weighted by Gasteiger charge is 2.40. The number of hydrogen-bond acceptors (Lipinski definition) is 5. The van der Waals surface area contributed by atoms with Crippen LogP contribution in [0.5, 0.6) is 0 Å². The van der Waals surface area contributed by atoms with E-state index < -0.39 is 18.2 Å². The first kappa shape index (κ1) is 16.7. The number of likely N-dealkylation sites (N-methyl/N-ethyl adjacent to an activating group) is 1. The first-order valence-corrected chi connectivity index (χ1v) is 7.42. The monoisotopic (exact) mass is 338 g/mol. The van der Waals surface area contributed by atoms with E-state index in [0.717, 1.165) is 5.56 Å². The fourth-order valence-electron chi connectivity index (χ4n) is 2.73. The minimum Gasteiger partial charge on any atom is -0.361 e. The summed E-state index contributed by atoms with van der Waals surface area (Å²) in [4.78, 5) is 10.7. The van der Waals surface area contributed by atoms with Crippen LogP contribution in [-0.4, -0.2) is 46.5 Å². The second-order valence-electron chi connectivity index (χ2n) is 5.83. The van der Waals surface area contributed by atoms with Crippen molar-refractivity contribution in [2.45, 2.75) is 19.5 Å². The summed E-state index contributed by atoms with van der Waals surface area (Å²) in [5, 5.41) is 10.1. The Kier molecular flexibility index (Phi) is 4.18. The van der Waals surface area contributed by atoms with Gasteiger partial charge in [0.25, 0.3) is 0 Å². The topological polar surface area (TPSA) is 52.5 Å². The zero-order valence-electron chi connectivity index (χ0n) is 13.2. The molecule has 128 valence electrons. The molecule has 8 heteroatoms.